The van der Waals surface area contributed by atoms with Crippen LogP contribution in [0.1, 0.15) is 33.6 Å². The molecule has 5 nitrogen and oxygen atoms in total. The van der Waals surface area contributed by atoms with E-state index in [1.165, 1.54) is 0 Å². The Morgan fingerprint density at radius 3 is 2.33 bits per heavy atom. The number of carboxylic acid groups (broad SMARTS) is 1. The van der Waals surface area contributed by atoms with Crippen LogP contribution in [0.2, 0.25) is 0 Å². The van der Waals surface area contributed by atoms with Crippen LogP contribution in [0.15, 0.2) is 0 Å². The largest absolute Gasteiger partial charge is 0.480 e. The minimum Gasteiger partial charge on any atom is -0.480 e. The zero-order valence-corrected chi connectivity index (χ0v) is 9.54. The summed E-state index contributed by atoms with van der Waals surface area (Å²) in [6.07, 6.45) is 1.30. The molecule has 0 saturated heterocycles. The number of rotatable bonds is 7. The number of amides is 1. The average Bonchev–Trinajstić information content (AvgIpc) is 2.17. The molecule has 0 radical (unpaired) electrons. The third-order valence-corrected chi connectivity index (χ3v) is 2.07. The Balaban J connectivity index is 4.15. The molecule has 0 aromatic heterocycles. The van der Waals surface area contributed by atoms with Crippen LogP contribution in [0, 0.1) is 0 Å². The van der Waals surface area contributed by atoms with Gasteiger partial charge in [0.2, 0.25) is 5.91 Å². The van der Waals surface area contributed by atoms with E-state index in [0.717, 1.165) is 6.42 Å². The van der Waals surface area contributed by atoms with Crippen LogP contribution in [-0.2, 0) is 9.59 Å². The maximum absolute atomic E-state index is 11.3. The Kier molecular flexibility index (Phi) is 6.70. The fraction of sp³-hybridized carbons (Fsp3) is 0.800. The molecule has 0 aliphatic carbocycles. The summed E-state index contributed by atoms with van der Waals surface area (Å²) in [6.45, 7) is 5.95. The van der Waals surface area contributed by atoms with Gasteiger partial charge in [0, 0.05) is 6.54 Å². The van der Waals surface area contributed by atoms with E-state index in [0.29, 0.717) is 13.0 Å². The molecule has 0 heterocycles. The van der Waals surface area contributed by atoms with Crippen molar-refractivity contribution in [3.05, 3.63) is 0 Å². The number of carboxylic acids is 1. The van der Waals surface area contributed by atoms with Gasteiger partial charge in [-0.1, -0.05) is 13.3 Å². The van der Waals surface area contributed by atoms with E-state index in [1.807, 2.05) is 13.8 Å². The van der Waals surface area contributed by atoms with Crippen LogP contribution in [0.3, 0.4) is 0 Å². The second-order valence-electron chi connectivity index (χ2n) is 3.46. The third-order valence-electron chi connectivity index (χ3n) is 2.07. The highest BCUT2D eigenvalue weighted by atomic mass is 16.4. The van der Waals surface area contributed by atoms with E-state index in [-0.39, 0.29) is 5.91 Å². The van der Waals surface area contributed by atoms with E-state index < -0.39 is 18.1 Å². The highest BCUT2D eigenvalue weighted by Gasteiger charge is 2.21. The molecule has 2 atom stereocenters. The standard InChI is InChI=1S/C10H20N2O3/c1-4-6-8(10(14)15)12-7(3)9(13)11-5-2/h7-8,12H,4-6H2,1-3H3,(H,11,13)(H,14,15). The molecule has 1 amide bonds. The molecule has 3 N–H and O–H groups in total. The summed E-state index contributed by atoms with van der Waals surface area (Å²) in [5.41, 5.74) is 0. The maximum atomic E-state index is 11.3. The lowest BCUT2D eigenvalue weighted by atomic mass is 10.1. The summed E-state index contributed by atoms with van der Waals surface area (Å²) >= 11 is 0. The SMILES string of the molecule is CCCC(NC(C)C(=O)NCC)C(=O)O. The third kappa shape index (κ3) is 5.37. The van der Waals surface area contributed by atoms with Gasteiger partial charge in [-0.2, -0.15) is 0 Å². The molecular weight excluding hydrogens is 196 g/mol. The maximum Gasteiger partial charge on any atom is 0.320 e. The van der Waals surface area contributed by atoms with Gasteiger partial charge >= 0.3 is 5.97 Å². The second-order valence-corrected chi connectivity index (χ2v) is 3.46. The molecule has 0 aromatic carbocycles. The van der Waals surface area contributed by atoms with Crippen molar-refractivity contribution in [2.75, 3.05) is 6.54 Å². The van der Waals surface area contributed by atoms with Gasteiger partial charge in [-0.25, -0.2) is 0 Å². The van der Waals surface area contributed by atoms with Crippen molar-refractivity contribution in [2.45, 2.75) is 45.7 Å². The van der Waals surface area contributed by atoms with Gasteiger partial charge in [0.15, 0.2) is 0 Å². The monoisotopic (exact) mass is 216 g/mol. The minimum absolute atomic E-state index is 0.167. The molecule has 2 unspecified atom stereocenters. The van der Waals surface area contributed by atoms with Crippen molar-refractivity contribution in [3.8, 4) is 0 Å². The highest BCUT2D eigenvalue weighted by Crippen LogP contribution is 1.98. The van der Waals surface area contributed by atoms with E-state index in [2.05, 4.69) is 10.6 Å². The predicted octanol–water partition coefficient (Wildman–Crippen LogP) is 0.354. The summed E-state index contributed by atoms with van der Waals surface area (Å²) in [5, 5.41) is 14.3. The van der Waals surface area contributed by atoms with Crippen molar-refractivity contribution in [3.63, 3.8) is 0 Å². The molecule has 0 rings (SSSR count). The summed E-state index contributed by atoms with van der Waals surface area (Å²) in [5.74, 6) is -1.08. The Morgan fingerprint density at radius 2 is 1.93 bits per heavy atom. The first-order valence-corrected chi connectivity index (χ1v) is 5.29. The zero-order valence-electron chi connectivity index (χ0n) is 9.54. The van der Waals surface area contributed by atoms with E-state index >= 15 is 0 Å². The smallest absolute Gasteiger partial charge is 0.320 e. The van der Waals surface area contributed by atoms with Gasteiger partial charge in [0.1, 0.15) is 6.04 Å². The molecule has 0 saturated carbocycles. The summed E-state index contributed by atoms with van der Waals surface area (Å²) in [4.78, 5) is 22.2. The van der Waals surface area contributed by atoms with Crippen LogP contribution in [0.25, 0.3) is 0 Å². The van der Waals surface area contributed by atoms with Crippen molar-refractivity contribution >= 4 is 11.9 Å². The Bertz CT molecular complexity index is 219. The van der Waals surface area contributed by atoms with Crippen LogP contribution in [0.5, 0.6) is 0 Å². The first kappa shape index (κ1) is 13.9. The van der Waals surface area contributed by atoms with Gasteiger partial charge in [-0.15, -0.1) is 0 Å². The molecule has 0 aliphatic heterocycles. The fourth-order valence-corrected chi connectivity index (χ4v) is 1.27. The summed E-state index contributed by atoms with van der Waals surface area (Å²) in [6, 6.07) is -1.12. The molecule has 0 aliphatic rings. The predicted molar refractivity (Wildman–Crippen MR) is 57.6 cm³/mol. The van der Waals surface area contributed by atoms with Crippen molar-refractivity contribution < 1.29 is 14.7 Å². The normalized spacial score (nSPS) is 14.3. The van der Waals surface area contributed by atoms with Crippen LogP contribution in [0.4, 0.5) is 0 Å². The molecule has 5 heteroatoms. The van der Waals surface area contributed by atoms with Crippen LogP contribution < -0.4 is 10.6 Å². The zero-order chi connectivity index (χ0) is 11.8. The number of nitrogens with one attached hydrogen (secondary N) is 2. The van der Waals surface area contributed by atoms with E-state index in [4.69, 9.17) is 5.11 Å². The lowest BCUT2D eigenvalue weighted by Crippen LogP contribution is -2.49. The molecular formula is C10H20N2O3. The first-order chi connectivity index (χ1) is 7.02. The lowest BCUT2D eigenvalue weighted by molar-refractivity contribution is -0.140. The highest BCUT2D eigenvalue weighted by molar-refractivity contribution is 5.82. The van der Waals surface area contributed by atoms with Crippen molar-refractivity contribution in [1.29, 1.82) is 0 Å². The quantitative estimate of drug-likeness (QED) is 0.574. The summed E-state index contributed by atoms with van der Waals surface area (Å²) in [7, 11) is 0. The lowest BCUT2D eigenvalue weighted by Gasteiger charge is -2.18. The Labute approximate surface area is 90.2 Å². The molecule has 0 spiro atoms. The van der Waals surface area contributed by atoms with Crippen LogP contribution >= 0.6 is 0 Å². The molecule has 0 bridgehead atoms. The van der Waals surface area contributed by atoms with Crippen LogP contribution in [-0.4, -0.2) is 35.6 Å². The number of carbonyl (C=O) groups excluding carboxylic acids is 1. The number of carbonyl (C=O) groups is 2. The summed E-state index contributed by atoms with van der Waals surface area (Å²) < 4.78 is 0. The van der Waals surface area contributed by atoms with E-state index in [1.54, 1.807) is 6.92 Å². The number of hydrogen-bond acceptors (Lipinski definition) is 3. The fourth-order valence-electron chi connectivity index (χ4n) is 1.27. The second kappa shape index (κ2) is 7.23. The van der Waals surface area contributed by atoms with Crippen molar-refractivity contribution in [2.24, 2.45) is 0 Å². The molecule has 0 aromatic rings. The van der Waals surface area contributed by atoms with E-state index in [9.17, 15) is 9.59 Å². The van der Waals surface area contributed by atoms with Crippen molar-refractivity contribution in [1.82, 2.24) is 10.6 Å². The van der Waals surface area contributed by atoms with Gasteiger partial charge in [0.05, 0.1) is 6.04 Å². The number of hydrogen-bond donors (Lipinski definition) is 3. The van der Waals surface area contributed by atoms with Gasteiger partial charge in [0.25, 0.3) is 0 Å². The molecule has 88 valence electrons. The number of aliphatic carboxylic acids is 1. The topological polar surface area (TPSA) is 78.4 Å². The van der Waals surface area contributed by atoms with Gasteiger partial charge < -0.3 is 10.4 Å². The molecule has 15 heavy (non-hydrogen) atoms. The first-order valence-electron chi connectivity index (χ1n) is 5.29. The van der Waals surface area contributed by atoms with Gasteiger partial charge in [-0.05, 0) is 20.3 Å². The van der Waals surface area contributed by atoms with Gasteiger partial charge in [-0.3, -0.25) is 14.9 Å². The average molecular weight is 216 g/mol. The Hall–Kier alpha value is -1.10. The molecule has 0 fully saturated rings. The minimum atomic E-state index is -0.909. The Morgan fingerprint density at radius 1 is 1.33 bits per heavy atom. The number of likely N-dealkylation sites (N-methyl/N-ethyl adjacent to an activating group) is 1.